The van der Waals surface area contributed by atoms with Gasteiger partial charge in [-0.05, 0) is 41.5 Å². The van der Waals surface area contributed by atoms with Gasteiger partial charge in [-0.25, -0.2) is 4.79 Å². The van der Waals surface area contributed by atoms with Gasteiger partial charge in [0.25, 0.3) is 0 Å². The maximum Gasteiger partial charge on any atom is 0.362 e. The zero-order valence-electron chi connectivity index (χ0n) is 17.9. The summed E-state index contributed by atoms with van der Waals surface area (Å²) in [6, 6.07) is 0. The second-order valence-electron chi connectivity index (χ2n) is 10.1. The van der Waals surface area contributed by atoms with Crippen LogP contribution < -0.4 is 0 Å². The van der Waals surface area contributed by atoms with Crippen molar-refractivity contribution in [2.45, 2.75) is 47.1 Å². The second-order valence-corrected chi connectivity index (χ2v) is 10.1. The van der Waals surface area contributed by atoms with Crippen LogP contribution in [-0.2, 0) is 19.1 Å². The van der Waals surface area contributed by atoms with Crippen molar-refractivity contribution in [3.8, 4) is 0 Å². The van der Waals surface area contributed by atoms with Crippen LogP contribution in [0.5, 0.6) is 0 Å². The molecule has 0 aromatic carbocycles. The Kier molecular flexibility index (Phi) is 9.21. The van der Waals surface area contributed by atoms with Gasteiger partial charge in [0.2, 0.25) is 6.73 Å². The van der Waals surface area contributed by atoms with Gasteiger partial charge < -0.3 is 14.0 Å². The Bertz CT molecular complexity index is 387. The van der Waals surface area contributed by atoms with Crippen LogP contribution in [-0.4, -0.2) is 82.1 Å². The van der Waals surface area contributed by atoms with E-state index in [4.69, 9.17) is 9.47 Å². The molecule has 0 bridgehead atoms. The lowest BCUT2D eigenvalue weighted by molar-refractivity contribution is -0.888. The number of hydrogen-bond acceptors (Lipinski definition) is 4. The predicted molar refractivity (Wildman–Crippen MR) is 97.2 cm³/mol. The molecule has 0 spiro atoms. The lowest BCUT2D eigenvalue weighted by Gasteiger charge is -2.25. The zero-order valence-corrected chi connectivity index (χ0v) is 17.9. The molecule has 6 heteroatoms. The molecular formula is C18H40N2O4+2. The van der Waals surface area contributed by atoms with E-state index in [1.807, 2.05) is 83.8 Å². The summed E-state index contributed by atoms with van der Waals surface area (Å²) in [7, 11) is 11.8. The number of rotatable bonds is 4. The van der Waals surface area contributed by atoms with E-state index in [-0.39, 0.29) is 17.5 Å². The summed E-state index contributed by atoms with van der Waals surface area (Å²) in [6.45, 7) is 12.0. The van der Waals surface area contributed by atoms with Gasteiger partial charge in [-0.15, -0.1) is 0 Å². The highest BCUT2D eigenvalue weighted by atomic mass is 16.6. The molecule has 0 aliphatic heterocycles. The molecule has 0 radical (unpaired) electrons. The van der Waals surface area contributed by atoms with Crippen LogP contribution in [0.3, 0.4) is 0 Å². The van der Waals surface area contributed by atoms with Crippen LogP contribution in [0.4, 0.5) is 0 Å². The predicted octanol–water partition coefficient (Wildman–Crippen LogP) is 2.27. The summed E-state index contributed by atoms with van der Waals surface area (Å²) in [4.78, 5) is 22.5. The normalized spacial score (nSPS) is 12.8. The fourth-order valence-electron chi connectivity index (χ4n) is 1.23. The molecule has 0 atom stereocenters. The number of hydrogen-bond donors (Lipinski definition) is 0. The average Bonchev–Trinajstić information content (AvgIpc) is 2.18. The first kappa shape index (κ1) is 25.1. The minimum Gasteiger partial charge on any atom is -0.456 e. The highest BCUT2D eigenvalue weighted by molar-refractivity contribution is 5.75. The molecule has 0 saturated carbocycles. The van der Waals surface area contributed by atoms with E-state index in [0.717, 1.165) is 0 Å². The minimum atomic E-state index is -0.394. The SMILES string of the molecule is CC(C)(C)C(=O)OC[N+](C)(C)C.CC(C)(C)OC(=O)C[N+](C)(C)C. The van der Waals surface area contributed by atoms with E-state index in [0.29, 0.717) is 22.2 Å². The molecule has 144 valence electrons. The number of esters is 2. The fraction of sp³-hybridized carbons (Fsp3) is 0.889. The highest BCUT2D eigenvalue weighted by Gasteiger charge is 2.24. The number of carbonyl (C=O) groups excluding carboxylic acids is 2. The lowest BCUT2D eigenvalue weighted by Crippen LogP contribution is -2.42. The zero-order chi connectivity index (χ0) is 20.0. The number of ether oxygens (including phenoxy) is 2. The van der Waals surface area contributed by atoms with E-state index in [2.05, 4.69) is 0 Å². The molecular weight excluding hydrogens is 308 g/mol. The number of quaternary nitrogens is 2. The van der Waals surface area contributed by atoms with Gasteiger partial charge in [0.05, 0.1) is 47.7 Å². The Morgan fingerprint density at radius 3 is 1.46 bits per heavy atom. The van der Waals surface area contributed by atoms with Gasteiger partial charge in [0.1, 0.15) is 5.60 Å². The molecule has 0 aliphatic rings. The van der Waals surface area contributed by atoms with Crippen molar-refractivity contribution in [1.82, 2.24) is 0 Å². The van der Waals surface area contributed by atoms with Crippen molar-refractivity contribution >= 4 is 11.9 Å². The van der Waals surface area contributed by atoms with Crippen molar-refractivity contribution in [2.24, 2.45) is 5.41 Å². The van der Waals surface area contributed by atoms with Gasteiger partial charge in [0.15, 0.2) is 6.54 Å². The molecule has 0 rings (SSSR count). The Labute approximate surface area is 148 Å². The van der Waals surface area contributed by atoms with E-state index in [9.17, 15) is 9.59 Å². The van der Waals surface area contributed by atoms with Crippen LogP contribution >= 0.6 is 0 Å². The molecule has 0 amide bonds. The van der Waals surface area contributed by atoms with E-state index in [1.54, 1.807) is 0 Å². The number of likely N-dealkylation sites (N-methyl/N-ethyl adjacent to an activating group) is 1. The molecule has 0 heterocycles. The van der Waals surface area contributed by atoms with Crippen molar-refractivity contribution in [3.63, 3.8) is 0 Å². The summed E-state index contributed by atoms with van der Waals surface area (Å²) >= 11 is 0. The molecule has 0 aliphatic carbocycles. The molecule has 0 aromatic heterocycles. The third-order valence-electron chi connectivity index (χ3n) is 2.22. The quantitative estimate of drug-likeness (QED) is 0.444. The highest BCUT2D eigenvalue weighted by Crippen LogP contribution is 2.15. The Hall–Kier alpha value is -1.14. The van der Waals surface area contributed by atoms with Gasteiger partial charge in [-0.3, -0.25) is 9.28 Å². The van der Waals surface area contributed by atoms with Gasteiger partial charge >= 0.3 is 11.9 Å². The largest absolute Gasteiger partial charge is 0.456 e. The van der Waals surface area contributed by atoms with Crippen LogP contribution in [0.2, 0.25) is 0 Å². The van der Waals surface area contributed by atoms with Crippen LogP contribution in [0.25, 0.3) is 0 Å². The molecule has 0 unspecified atom stereocenters. The topological polar surface area (TPSA) is 52.6 Å². The van der Waals surface area contributed by atoms with Crippen LogP contribution in [0.1, 0.15) is 41.5 Å². The van der Waals surface area contributed by atoms with E-state index >= 15 is 0 Å². The summed E-state index contributed by atoms with van der Waals surface area (Å²) in [6.07, 6.45) is 0. The maximum absolute atomic E-state index is 11.3. The Morgan fingerprint density at radius 1 is 0.792 bits per heavy atom. The maximum atomic E-state index is 11.3. The summed E-state index contributed by atoms with van der Waals surface area (Å²) in [5.41, 5.74) is -0.762. The fourth-order valence-corrected chi connectivity index (χ4v) is 1.23. The minimum absolute atomic E-state index is 0.143. The van der Waals surface area contributed by atoms with Gasteiger partial charge in [-0.2, -0.15) is 0 Å². The molecule has 0 N–H and O–H groups in total. The number of carbonyl (C=O) groups is 2. The molecule has 0 fully saturated rings. The molecule has 0 aromatic rings. The molecule has 6 nitrogen and oxygen atoms in total. The van der Waals surface area contributed by atoms with Crippen molar-refractivity contribution in [2.75, 3.05) is 55.6 Å². The average molecular weight is 349 g/mol. The van der Waals surface area contributed by atoms with E-state index < -0.39 is 5.41 Å². The van der Waals surface area contributed by atoms with Crippen LogP contribution in [0.15, 0.2) is 0 Å². The van der Waals surface area contributed by atoms with Gasteiger partial charge in [-0.1, -0.05) is 0 Å². The monoisotopic (exact) mass is 348 g/mol. The second kappa shape index (κ2) is 8.81. The first-order valence-corrected chi connectivity index (χ1v) is 8.23. The number of nitrogens with zero attached hydrogens (tertiary/aromatic N) is 2. The third kappa shape index (κ3) is 18.9. The van der Waals surface area contributed by atoms with Crippen LogP contribution in [0, 0.1) is 5.41 Å². The summed E-state index contributed by atoms with van der Waals surface area (Å²) in [5, 5.41) is 0. The van der Waals surface area contributed by atoms with E-state index in [1.165, 1.54) is 0 Å². The standard InChI is InChI=1S/2C9H20NO2/c1-9(2,3)8(11)12-7-10(4,5)6;1-9(2,3)12-8(11)7-10(4,5)6/h2*7H2,1-6H3/q2*+1. The van der Waals surface area contributed by atoms with Crippen molar-refractivity contribution in [3.05, 3.63) is 0 Å². The Morgan fingerprint density at radius 2 is 1.21 bits per heavy atom. The third-order valence-corrected chi connectivity index (χ3v) is 2.22. The smallest absolute Gasteiger partial charge is 0.362 e. The molecule has 0 saturated heterocycles. The Balaban J connectivity index is 0. The first-order chi connectivity index (χ1) is 10.2. The van der Waals surface area contributed by atoms with Crippen molar-refractivity contribution in [1.29, 1.82) is 0 Å². The summed E-state index contributed by atoms with van der Waals surface area (Å²) < 4.78 is 11.5. The molecule has 24 heavy (non-hydrogen) atoms. The lowest BCUT2D eigenvalue weighted by atomic mass is 9.98. The van der Waals surface area contributed by atoms with Gasteiger partial charge in [0, 0.05) is 0 Å². The summed E-state index contributed by atoms with van der Waals surface area (Å²) in [5.74, 6) is -0.287. The van der Waals surface area contributed by atoms with Crippen molar-refractivity contribution < 1.29 is 28.0 Å². The first-order valence-electron chi connectivity index (χ1n) is 8.23.